The third kappa shape index (κ3) is 8.84. The van der Waals surface area contributed by atoms with E-state index < -0.39 is 0 Å². The molecule has 0 aliphatic heterocycles. The number of amides is 1. The fourth-order valence-electron chi connectivity index (χ4n) is 2.04. The molecule has 0 saturated heterocycles. The van der Waals surface area contributed by atoms with E-state index in [2.05, 4.69) is 17.5 Å². The van der Waals surface area contributed by atoms with Crippen LogP contribution in [-0.2, 0) is 4.79 Å². The number of nitrogens with one attached hydrogen (secondary N) is 1. The molecule has 21 heavy (non-hydrogen) atoms. The summed E-state index contributed by atoms with van der Waals surface area (Å²) < 4.78 is 0. The molecule has 116 valence electrons. The van der Waals surface area contributed by atoms with Crippen molar-refractivity contribution in [2.45, 2.75) is 58.3 Å². The first-order valence-electron chi connectivity index (χ1n) is 7.83. The number of phenols is 1. The van der Waals surface area contributed by atoms with Gasteiger partial charge in [0.15, 0.2) is 0 Å². The number of carbonyl (C=O) groups excluding carboxylic acids is 1. The van der Waals surface area contributed by atoms with E-state index in [-0.39, 0.29) is 11.7 Å². The molecular weight excluding hydrogens is 264 g/mol. The highest BCUT2D eigenvalue weighted by Crippen LogP contribution is 2.09. The van der Waals surface area contributed by atoms with Crippen molar-refractivity contribution in [1.82, 2.24) is 5.43 Å². The first kappa shape index (κ1) is 17.2. The van der Waals surface area contributed by atoms with Gasteiger partial charge in [0.25, 0.3) is 0 Å². The van der Waals surface area contributed by atoms with Crippen molar-refractivity contribution < 1.29 is 9.90 Å². The molecule has 0 saturated carbocycles. The number of unbranched alkanes of at least 4 members (excludes halogenated alkanes) is 6. The molecule has 0 aromatic heterocycles. The van der Waals surface area contributed by atoms with Gasteiger partial charge < -0.3 is 5.11 Å². The highest BCUT2D eigenvalue weighted by Gasteiger charge is 1.99. The lowest BCUT2D eigenvalue weighted by atomic mass is 10.1. The summed E-state index contributed by atoms with van der Waals surface area (Å²) in [5.41, 5.74) is 3.36. The molecule has 0 heterocycles. The lowest BCUT2D eigenvalue weighted by Crippen LogP contribution is -2.16. The number of benzene rings is 1. The minimum atomic E-state index is -0.0430. The Hall–Kier alpha value is -1.84. The molecule has 0 radical (unpaired) electrons. The summed E-state index contributed by atoms with van der Waals surface area (Å²) in [6, 6.07) is 6.64. The predicted molar refractivity (Wildman–Crippen MR) is 86.5 cm³/mol. The highest BCUT2D eigenvalue weighted by atomic mass is 16.3. The summed E-state index contributed by atoms with van der Waals surface area (Å²) in [6.45, 7) is 2.21. The number of nitrogens with zero attached hydrogens (tertiary/aromatic N) is 1. The summed E-state index contributed by atoms with van der Waals surface area (Å²) >= 11 is 0. The summed E-state index contributed by atoms with van der Waals surface area (Å²) in [5, 5.41) is 13.0. The highest BCUT2D eigenvalue weighted by molar-refractivity contribution is 5.82. The molecule has 2 N–H and O–H groups in total. The zero-order valence-electron chi connectivity index (χ0n) is 12.8. The molecule has 0 bridgehead atoms. The zero-order valence-corrected chi connectivity index (χ0v) is 12.8. The van der Waals surface area contributed by atoms with Crippen molar-refractivity contribution in [3.8, 4) is 5.75 Å². The van der Waals surface area contributed by atoms with E-state index in [9.17, 15) is 4.79 Å². The van der Waals surface area contributed by atoms with Crippen molar-refractivity contribution >= 4 is 12.1 Å². The molecular formula is C17H26N2O2. The zero-order chi connectivity index (χ0) is 15.3. The van der Waals surface area contributed by atoms with Crippen LogP contribution in [0.2, 0.25) is 0 Å². The lowest BCUT2D eigenvalue weighted by Gasteiger charge is -2.01. The topological polar surface area (TPSA) is 61.7 Å². The predicted octanol–water partition coefficient (Wildman–Crippen LogP) is 3.98. The van der Waals surface area contributed by atoms with E-state index in [0.717, 1.165) is 18.4 Å². The largest absolute Gasteiger partial charge is 0.508 e. The number of phenolic OH excluding ortho intramolecular Hbond substituents is 1. The molecule has 4 nitrogen and oxygen atoms in total. The van der Waals surface area contributed by atoms with Crippen molar-refractivity contribution in [2.24, 2.45) is 5.10 Å². The Kier molecular flexibility index (Phi) is 8.93. The third-order valence-electron chi connectivity index (χ3n) is 3.30. The first-order chi connectivity index (χ1) is 10.2. The van der Waals surface area contributed by atoms with E-state index in [1.807, 2.05) is 0 Å². The van der Waals surface area contributed by atoms with Crippen molar-refractivity contribution in [3.63, 3.8) is 0 Å². The maximum atomic E-state index is 11.6. The SMILES string of the molecule is CCCCCCCCCC(=O)N/N=C/c1ccc(O)cc1. The second kappa shape index (κ2) is 10.9. The van der Waals surface area contributed by atoms with Gasteiger partial charge in [0, 0.05) is 6.42 Å². The molecule has 0 unspecified atom stereocenters. The van der Waals surface area contributed by atoms with Crippen LogP contribution in [-0.4, -0.2) is 17.2 Å². The minimum Gasteiger partial charge on any atom is -0.508 e. The number of rotatable bonds is 10. The van der Waals surface area contributed by atoms with Gasteiger partial charge in [-0.2, -0.15) is 5.10 Å². The standard InChI is InChI=1S/C17H26N2O2/c1-2-3-4-5-6-7-8-9-17(21)19-18-14-15-10-12-16(20)13-11-15/h10-14,20H,2-9H2,1H3,(H,19,21)/b18-14+. The van der Waals surface area contributed by atoms with E-state index >= 15 is 0 Å². The molecule has 0 atom stereocenters. The Labute approximate surface area is 127 Å². The lowest BCUT2D eigenvalue weighted by molar-refractivity contribution is -0.121. The van der Waals surface area contributed by atoms with Gasteiger partial charge in [-0.1, -0.05) is 45.4 Å². The second-order valence-corrected chi connectivity index (χ2v) is 5.26. The third-order valence-corrected chi connectivity index (χ3v) is 3.30. The van der Waals surface area contributed by atoms with Crippen LogP contribution in [0, 0.1) is 0 Å². The van der Waals surface area contributed by atoms with Crippen molar-refractivity contribution in [3.05, 3.63) is 29.8 Å². The average Bonchev–Trinajstić information content (AvgIpc) is 2.48. The van der Waals surface area contributed by atoms with Crippen molar-refractivity contribution in [1.29, 1.82) is 0 Å². The monoisotopic (exact) mass is 290 g/mol. The van der Waals surface area contributed by atoms with Gasteiger partial charge in [-0.25, -0.2) is 5.43 Å². The van der Waals surface area contributed by atoms with E-state index in [4.69, 9.17) is 5.11 Å². The van der Waals surface area contributed by atoms with Crippen LogP contribution in [0.3, 0.4) is 0 Å². The Bertz CT molecular complexity index is 427. The first-order valence-corrected chi connectivity index (χ1v) is 7.83. The second-order valence-electron chi connectivity index (χ2n) is 5.26. The molecule has 0 spiro atoms. The van der Waals surface area contributed by atoms with Crippen LogP contribution in [0.15, 0.2) is 29.4 Å². The minimum absolute atomic E-state index is 0.0430. The van der Waals surface area contributed by atoms with E-state index in [1.54, 1.807) is 30.5 Å². The fourth-order valence-corrected chi connectivity index (χ4v) is 2.04. The van der Waals surface area contributed by atoms with Gasteiger partial charge in [0.05, 0.1) is 6.21 Å². The Balaban J connectivity index is 2.07. The fraction of sp³-hybridized carbons (Fsp3) is 0.529. The number of hydrazone groups is 1. The van der Waals surface area contributed by atoms with Crippen LogP contribution in [0.4, 0.5) is 0 Å². The van der Waals surface area contributed by atoms with Crippen LogP contribution >= 0.6 is 0 Å². The van der Waals surface area contributed by atoms with Crippen molar-refractivity contribution in [2.75, 3.05) is 0 Å². The van der Waals surface area contributed by atoms with Gasteiger partial charge in [0.2, 0.25) is 5.91 Å². The van der Waals surface area contributed by atoms with Crippen LogP contribution in [0.25, 0.3) is 0 Å². The Morgan fingerprint density at radius 3 is 2.38 bits per heavy atom. The van der Waals surface area contributed by atoms with Gasteiger partial charge in [-0.05, 0) is 36.2 Å². The number of carbonyl (C=O) groups is 1. The molecule has 1 aromatic rings. The normalized spacial score (nSPS) is 10.9. The maximum absolute atomic E-state index is 11.6. The van der Waals surface area contributed by atoms with Gasteiger partial charge >= 0.3 is 0 Å². The number of hydrogen-bond donors (Lipinski definition) is 2. The van der Waals surface area contributed by atoms with Crippen LogP contribution in [0.1, 0.15) is 63.9 Å². The summed E-state index contributed by atoms with van der Waals surface area (Å²) in [6.07, 6.45) is 10.5. The molecule has 4 heteroatoms. The van der Waals surface area contributed by atoms with Gasteiger partial charge in [-0.15, -0.1) is 0 Å². The smallest absolute Gasteiger partial charge is 0.240 e. The molecule has 1 rings (SSSR count). The quantitative estimate of drug-likeness (QED) is 0.389. The molecule has 0 aliphatic carbocycles. The van der Waals surface area contributed by atoms with Crippen LogP contribution < -0.4 is 5.43 Å². The molecule has 0 aliphatic rings. The van der Waals surface area contributed by atoms with Crippen LogP contribution in [0.5, 0.6) is 5.75 Å². The Morgan fingerprint density at radius 1 is 1.10 bits per heavy atom. The summed E-state index contributed by atoms with van der Waals surface area (Å²) in [4.78, 5) is 11.6. The maximum Gasteiger partial charge on any atom is 0.240 e. The molecule has 1 aromatic carbocycles. The van der Waals surface area contributed by atoms with Gasteiger partial charge in [-0.3, -0.25) is 4.79 Å². The number of hydrogen-bond acceptors (Lipinski definition) is 3. The number of aromatic hydroxyl groups is 1. The van der Waals surface area contributed by atoms with Gasteiger partial charge in [0.1, 0.15) is 5.75 Å². The Morgan fingerprint density at radius 2 is 1.71 bits per heavy atom. The summed E-state index contributed by atoms with van der Waals surface area (Å²) in [5.74, 6) is 0.175. The molecule has 1 amide bonds. The van der Waals surface area contributed by atoms with E-state index in [1.165, 1.54) is 32.1 Å². The molecule has 0 fully saturated rings. The van der Waals surface area contributed by atoms with E-state index in [0.29, 0.717) is 6.42 Å². The summed E-state index contributed by atoms with van der Waals surface area (Å²) in [7, 11) is 0. The average molecular weight is 290 g/mol.